The van der Waals surface area contributed by atoms with Gasteiger partial charge < -0.3 is 5.32 Å². The minimum absolute atomic E-state index is 0.0115. The SMILES string of the molecule is O=C(NCc1cccc(CN2CCc3ccccc3C2)c1)c1ccc(CN2CCCCC2)cc1. The number of rotatable bonds is 7. The molecule has 0 atom stereocenters. The van der Waals surface area contributed by atoms with Crippen molar-refractivity contribution < 1.29 is 4.79 Å². The standard InChI is InChI=1S/C30H35N3O/c34-30(28-13-11-24(12-14-28)21-32-16-4-1-5-17-32)31-20-25-7-6-8-26(19-25)22-33-18-15-27-9-2-3-10-29(27)23-33/h2-3,6-14,19H,1,4-5,15-18,20-23H2,(H,31,34). The number of hydrogen-bond acceptors (Lipinski definition) is 3. The van der Waals surface area contributed by atoms with Crippen LogP contribution in [0, 0.1) is 0 Å². The lowest BCUT2D eigenvalue weighted by Gasteiger charge is -2.28. The average molecular weight is 454 g/mol. The van der Waals surface area contributed by atoms with Crippen molar-refractivity contribution in [3.63, 3.8) is 0 Å². The number of piperidine rings is 1. The average Bonchev–Trinajstić information content (AvgIpc) is 2.88. The number of benzene rings is 3. The second-order valence-corrected chi connectivity index (χ2v) is 9.77. The lowest BCUT2D eigenvalue weighted by Crippen LogP contribution is -2.30. The van der Waals surface area contributed by atoms with E-state index < -0.39 is 0 Å². The van der Waals surface area contributed by atoms with Crippen LogP contribution in [-0.4, -0.2) is 35.3 Å². The number of nitrogens with one attached hydrogen (secondary N) is 1. The minimum Gasteiger partial charge on any atom is -0.348 e. The molecule has 4 nitrogen and oxygen atoms in total. The van der Waals surface area contributed by atoms with Gasteiger partial charge in [-0.15, -0.1) is 0 Å². The Morgan fingerprint density at radius 1 is 0.706 bits per heavy atom. The van der Waals surface area contributed by atoms with E-state index in [1.807, 2.05) is 12.1 Å². The molecule has 1 saturated heterocycles. The monoisotopic (exact) mass is 453 g/mol. The van der Waals surface area contributed by atoms with E-state index in [0.29, 0.717) is 6.54 Å². The fourth-order valence-corrected chi connectivity index (χ4v) is 5.21. The van der Waals surface area contributed by atoms with Crippen LogP contribution in [-0.2, 0) is 32.6 Å². The van der Waals surface area contributed by atoms with Crippen LogP contribution in [0.1, 0.15) is 57.4 Å². The molecular formula is C30H35N3O. The third-order valence-electron chi connectivity index (χ3n) is 7.13. The van der Waals surface area contributed by atoms with Gasteiger partial charge in [0.05, 0.1) is 0 Å². The molecule has 0 saturated carbocycles. The third-order valence-corrected chi connectivity index (χ3v) is 7.13. The molecule has 0 aliphatic carbocycles. The van der Waals surface area contributed by atoms with E-state index in [4.69, 9.17) is 0 Å². The van der Waals surface area contributed by atoms with Crippen molar-refractivity contribution in [2.45, 2.75) is 51.9 Å². The van der Waals surface area contributed by atoms with E-state index in [0.717, 1.165) is 43.7 Å². The zero-order valence-corrected chi connectivity index (χ0v) is 20.0. The van der Waals surface area contributed by atoms with E-state index in [1.54, 1.807) is 0 Å². The lowest BCUT2D eigenvalue weighted by atomic mass is 9.99. The lowest BCUT2D eigenvalue weighted by molar-refractivity contribution is 0.0951. The quantitative estimate of drug-likeness (QED) is 0.537. The van der Waals surface area contributed by atoms with Crippen LogP contribution in [0.2, 0.25) is 0 Å². The Kier molecular flexibility index (Phi) is 7.37. The van der Waals surface area contributed by atoms with Crippen molar-refractivity contribution >= 4 is 5.91 Å². The largest absolute Gasteiger partial charge is 0.348 e. The maximum atomic E-state index is 12.7. The summed E-state index contributed by atoms with van der Waals surface area (Å²) < 4.78 is 0. The van der Waals surface area contributed by atoms with Crippen LogP contribution in [0.4, 0.5) is 0 Å². The first-order valence-electron chi connectivity index (χ1n) is 12.7. The zero-order valence-electron chi connectivity index (χ0n) is 20.0. The van der Waals surface area contributed by atoms with Crippen LogP contribution < -0.4 is 5.32 Å². The maximum Gasteiger partial charge on any atom is 0.251 e. The highest BCUT2D eigenvalue weighted by Gasteiger charge is 2.16. The first kappa shape index (κ1) is 22.8. The summed E-state index contributed by atoms with van der Waals surface area (Å²) in [5.74, 6) is -0.0115. The summed E-state index contributed by atoms with van der Waals surface area (Å²) in [5.41, 5.74) is 7.38. The van der Waals surface area contributed by atoms with Crippen molar-refractivity contribution in [2.24, 2.45) is 0 Å². The Balaban J connectivity index is 1.13. The number of amides is 1. The topological polar surface area (TPSA) is 35.6 Å². The van der Waals surface area contributed by atoms with Crippen molar-refractivity contribution in [1.29, 1.82) is 0 Å². The van der Waals surface area contributed by atoms with E-state index in [2.05, 4.69) is 75.8 Å². The van der Waals surface area contributed by atoms with Crippen LogP contribution in [0.25, 0.3) is 0 Å². The number of hydrogen-bond donors (Lipinski definition) is 1. The Hall–Kier alpha value is -2.95. The highest BCUT2D eigenvalue weighted by atomic mass is 16.1. The Labute approximate surface area is 203 Å². The van der Waals surface area contributed by atoms with Crippen LogP contribution in [0.5, 0.6) is 0 Å². The van der Waals surface area contributed by atoms with Gasteiger partial charge in [0.2, 0.25) is 0 Å². The number of carbonyl (C=O) groups is 1. The molecule has 2 heterocycles. The number of carbonyl (C=O) groups excluding carboxylic acids is 1. The highest BCUT2D eigenvalue weighted by molar-refractivity contribution is 5.94. The molecule has 1 fully saturated rings. The van der Waals surface area contributed by atoms with Crippen molar-refractivity contribution in [2.75, 3.05) is 19.6 Å². The van der Waals surface area contributed by atoms with Gasteiger partial charge in [-0.1, -0.05) is 67.1 Å². The molecule has 4 heteroatoms. The molecular weight excluding hydrogens is 418 g/mol. The molecule has 5 rings (SSSR count). The van der Waals surface area contributed by atoms with Gasteiger partial charge in [0, 0.05) is 38.3 Å². The normalized spacial score (nSPS) is 16.7. The van der Waals surface area contributed by atoms with Gasteiger partial charge >= 0.3 is 0 Å². The molecule has 0 radical (unpaired) electrons. The van der Waals surface area contributed by atoms with E-state index in [1.165, 1.54) is 54.6 Å². The highest BCUT2D eigenvalue weighted by Crippen LogP contribution is 2.20. The zero-order chi connectivity index (χ0) is 23.2. The van der Waals surface area contributed by atoms with Gasteiger partial charge in [0.15, 0.2) is 0 Å². The van der Waals surface area contributed by atoms with E-state index >= 15 is 0 Å². The maximum absolute atomic E-state index is 12.7. The second-order valence-electron chi connectivity index (χ2n) is 9.77. The molecule has 2 aliphatic rings. The first-order chi connectivity index (χ1) is 16.7. The Morgan fingerprint density at radius 3 is 2.26 bits per heavy atom. The summed E-state index contributed by atoms with van der Waals surface area (Å²) in [6.45, 7) is 6.94. The first-order valence-corrected chi connectivity index (χ1v) is 12.7. The molecule has 0 spiro atoms. The summed E-state index contributed by atoms with van der Waals surface area (Å²) in [7, 11) is 0. The molecule has 0 bridgehead atoms. The predicted molar refractivity (Wildman–Crippen MR) is 137 cm³/mol. The molecule has 1 amide bonds. The predicted octanol–water partition coefficient (Wildman–Crippen LogP) is 5.16. The Bertz CT molecular complexity index is 1100. The Morgan fingerprint density at radius 2 is 1.44 bits per heavy atom. The van der Waals surface area contributed by atoms with Gasteiger partial charge in [-0.3, -0.25) is 14.6 Å². The summed E-state index contributed by atoms with van der Waals surface area (Å²) in [5, 5.41) is 3.10. The van der Waals surface area contributed by atoms with Crippen molar-refractivity contribution in [3.8, 4) is 0 Å². The van der Waals surface area contributed by atoms with Gasteiger partial charge in [0.25, 0.3) is 5.91 Å². The molecule has 3 aromatic carbocycles. The van der Waals surface area contributed by atoms with Crippen LogP contribution in [0.15, 0.2) is 72.8 Å². The molecule has 0 aromatic heterocycles. The summed E-state index contributed by atoms with van der Waals surface area (Å²) in [6.07, 6.45) is 5.06. The second kappa shape index (κ2) is 11.0. The molecule has 34 heavy (non-hydrogen) atoms. The molecule has 1 N–H and O–H groups in total. The van der Waals surface area contributed by atoms with Crippen LogP contribution in [0.3, 0.4) is 0 Å². The van der Waals surface area contributed by atoms with Crippen molar-refractivity contribution in [3.05, 3.63) is 106 Å². The minimum atomic E-state index is -0.0115. The summed E-state index contributed by atoms with van der Waals surface area (Å²) in [4.78, 5) is 17.7. The molecule has 0 unspecified atom stereocenters. The summed E-state index contributed by atoms with van der Waals surface area (Å²) >= 11 is 0. The van der Waals surface area contributed by atoms with E-state index in [9.17, 15) is 4.79 Å². The fourth-order valence-electron chi connectivity index (χ4n) is 5.21. The molecule has 2 aliphatic heterocycles. The molecule has 3 aromatic rings. The van der Waals surface area contributed by atoms with Gasteiger partial charge in [-0.25, -0.2) is 0 Å². The van der Waals surface area contributed by atoms with Gasteiger partial charge in [-0.05, 0) is 72.3 Å². The van der Waals surface area contributed by atoms with Gasteiger partial charge in [0.1, 0.15) is 0 Å². The van der Waals surface area contributed by atoms with Gasteiger partial charge in [-0.2, -0.15) is 0 Å². The number of fused-ring (bicyclic) bond motifs is 1. The smallest absolute Gasteiger partial charge is 0.251 e. The number of nitrogens with zero attached hydrogens (tertiary/aromatic N) is 2. The molecule has 176 valence electrons. The summed E-state index contributed by atoms with van der Waals surface area (Å²) in [6, 6.07) is 25.5. The van der Waals surface area contributed by atoms with E-state index in [-0.39, 0.29) is 5.91 Å². The fraction of sp³-hybridized carbons (Fsp3) is 0.367. The van der Waals surface area contributed by atoms with Crippen LogP contribution >= 0.6 is 0 Å². The third kappa shape index (κ3) is 5.94. The van der Waals surface area contributed by atoms with Crippen molar-refractivity contribution in [1.82, 2.24) is 15.1 Å². The number of likely N-dealkylation sites (tertiary alicyclic amines) is 1.